The van der Waals surface area contributed by atoms with Gasteiger partial charge in [-0.2, -0.15) is 0 Å². The Bertz CT molecular complexity index is 856. The topological polar surface area (TPSA) is 38.3 Å². The van der Waals surface area contributed by atoms with Crippen LogP contribution in [0.1, 0.15) is 88.4 Å². The van der Waals surface area contributed by atoms with E-state index in [1.165, 1.54) is 76.3 Å². The van der Waals surface area contributed by atoms with Crippen molar-refractivity contribution in [3.05, 3.63) is 35.6 Å². The first-order valence-corrected chi connectivity index (χ1v) is 14.0. The Morgan fingerprint density at radius 3 is 2.59 bits per heavy atom. The first-order valence-electron chi connectivity index (χ1n) is 14.0. The van der Waals surface area contributed by atoms with Crippen LogP contribution in [0.2, 0.25) is 0 Å². The van der Waals surface area contributed by atoms with Gasteiger partial charge < -0.3 is 10.1 Å². The minimum absolute atomic E-state index is 0.0692. The normalized spacial score (nSPS) is 40.4. The molecule has 5 rings (SSSR count). The van der Waals surface area contributed by atoms with Crippen molar-refractivity contribution in [2.24, 2.45) is 46.8 Å². The Morgan fingerprint density at radius 2 is 1.82 bits per heavy atom. The number of amides is 1. The zero-order valence-electron chi connectivity index (χ0n) is 21.4. The molecule has 0 bridgehead atoms. The van der Waals surface area contributed by atoms with Crippen molar-refractivity contribution in [3.8, 4) is 0 Å². The van der Waals surface area contributed by atoms with Crippen LogP contribution in [-0.4, -0.2) is 25.7 Å². The monoisotopic (exact) mass is 469 g/mol. The predicted octanol–water partition coefficient (Wildman–Crippen LogP) is 6.87. The van der Waals surface area contributed by atoms with E-state index in [1.807, 2.05) is 7.11 Å². The van der Waals surface area contributed by atoms with Gasteiger partial charge >= 0.3 is 0 Å². The van der Waals surface area contributed by atoms with Gasteiger partial charge in [0.25, 0.3) is 5.91 Å². The number of methoxy groups -OCH3 is 1. The van der Waals surface area contributed by atoms with Crippen LogP contribution in [0.3, 0.4) is 0 Å². The molecule has 1 amide bonds. The minimum Gasteiger partial charge on any atom is -0.384 e. The zero-order valence-corrected chi connectivity index (χ0v) is 21.4. The van der Waals surface area contributed by atoms with Crippen molar-refractivity contribution < 1.29 is 13.9 Å². The number of ether oxygens (including phenoxy) is 1. The third-order valence-electron chi connectivity index (χ3n) is 10.8. The molecule has 0 aromatic heterocycles. The van der Waals surface area contributed by atoms with E-state index in [4.69, 9.17) is 4.74 Å². The largest absolute Gasteiger partial charge is 0.384 e. The molecule has 1 aromatic carbocycles. The number of carbonyl (C=O) groups is 1. The summed E-state index contributed by atoms with van der Waals surface area (Å²) >= 11 is 0. The Balaban J connectivity index is 1.27. The zero-order chi connectivity index (χ0) is 23.9. The van der Waals surface area contributed by atoms with E-state index in [9.17, 15) is 9.18 Å². The van der Waals surface area contributed by atoms with E-state index in [0.29, 0.717) is 16.9 Å². The van der Waals surface area contributed by atoms with Gasteiger partial charge in [0, 0.05) is 25.3 Å². The molecule has 0 heterocycles. The molecule has 34 heavy (non-hydrogen) atoms. The van der Waals surface area contributed by atoms with Gasteiger partial charge in [-0.05, 0) is 136 Å². The molecule has 1 N–H and O–H groups in total. The van der Waals surface area contributed by atoms with Crippen LogP contribution in [0.5, 0.6) is 0 Å². The second-order valence-electron chi connectivity index (χ2n) is 12.4. The summed E-state index contributed by atoms with van der Waals surface area (Å²) in [4.78, 5) is 12.9. The van der Waals surface area contributed by atoms with Gasteiger partial charge in [0.2, 0.25) is 0 Å². The third kappa shape index (κ3) is 4.45. The van der Waals surface area contributed by atoms with Crippen molar-refractivity contribution in [1.82, 2.24) is 5.32 Å². The molecular weight excluding hydrogens is 425 g/mol. The highest BCUT2D eigenvalue weighted by molar-refractivity contribution is 5.94. The first kappa shape index (κ1) is 24.3. The highest BCUT2D eigenvalue weighted by atomic mass is 19.1. The van der Waals surface area contributed by atoms with Gasteiger partial charge in [0.1, 0.15) is 5.82 Å². The van der Waals surface area contributed by atoms with E-state index >= 15 is 0 Å². The fraction of sp³-hybridized carbons (Fsp3) is 0.767. The number of fused-ring (bicyclic) bond motifs is 5. The fourth-order valence-corrected chi connectivity index (χ4v) is 9.39. The summed E-state index contributed by atoms with van der Waals surface area (Å²) in [5, 5.41) is 3.30. The summed E-state index contributed by atoms with van der Waals surface area (Å²) in [5.74, 6) is 5.39. The number of hydrogen-bond donors (Lipinski definition) is 1. The van der Waals surface area contributed by atoms with Crippen LogP contribution in [0.15, 0.2) is 24.3 Å². The highest BCUT2D eigenvalue weighted by Gasteiger charge is 2.56. The summed E-state index contributed by atoms with van der Waals surface area (Å²) in [5.41, 5.74) is 0.867. The number of hydrogen-bond acceptors (Lipinski definition) is 2. The Morgan fingerprint density at radius 1 is 1.06 bits per heavy atom. The smallest absolute Gasteiger partial charge is 0.251 e. The molecule has 4 heteroatoms. The standard InChI is InChI=1S/C30H44FNO2/c1-19(32-29(33)21-8-11-23(31)12-9-21)27-5-4-6-28-26-14-10-22-17-20(18-34-3)7-13-24(22)25(26)15-16-30(27,28)2/h8-9,11-12,19-20,22,24-28H,4-7,10,13-18H2,1-3H3,(H,32,33)/t19-,20+,22?,24+,25?,26-,27-,28?,30-/m1/s1. The van der Waals surface area contributed by atoms with Gasteiger partial charge in [-0.3, -0.25) is 4.79 Å². The van der Waals surface area contributed by atoms with Crippen molar-refractivity contribution in [2.45, 2.75) is 84.1 Å². The average Bonchev–Trinajstić information content (AvgIpc) is 2.83. The predicted molar refractivity (Wildman–Crippen MR) is 134 cm³/mol. The summed E-state index contributed by atoms with van der Waals surface area (Å²) in [6.45, 7) is 5.71. The number of nitrogens with one attached hydrogen (secondary N) is 1. The van der Waals surface area contributed by atoms with E-state index in [0.717, 1.165) is 42.1 Å². The quantitative estimate of drug-likeness (QED) is 0.511. The lowest BCUT2D eigenvalue weighted by Crippen LogP contribution is -2.56. The molecule has 4 aliphatic rings. The number of carbonyl (C=O) groups excluding carboxylic acids is 1. The molecule has 3 nitrogen and oxygen atoms in total. The molecule has 0 radical (unpaired) electrons. The van der Waals surface area contributed by atoms with Gasteiger partial charge in [-0.25, -0.2) is 4.39 Å². The summed E-state index contributed by atoms with van der Waals surface area (Å²) in [7, 11) is 1.85. The lowest BCUT2D eigenvalue weighted by molar-refractivity contribution is -0.116. The van der Waals surface area contributed by atoms with Crippen LogP contribution in [0.25, 0.3) is 0 Å². The summed E-state index contributed by atoms with van der Waals surface area (Å²) < 4.78 is 18.8. The molecule has 9 atom stereocenters. The van der Waals surface area contributed by atoms with Crippen LogP contribution in [0, 0.1) is 52.7 Å². The second kappa shape index (κ2) is 9.91. The van der Waals surface area contributed by atoms with E-state index in [2.05, 4.69) is 19.2 Å². The molecular formula is C30H44FNO2. The first-order chi connectivity index (χ1) is 16.4. The molecule has 0 spiro atoms. The summed E-state index contributed by atoms with van der Waals surface area (Å²) in [6.07, 6.45) is 13.5. The maximum absolute atomic E-state index is 13.3. The highest BCUT2D eigenvalue weighted by Crippen LogP contribution is 2.63. The Labute approximate surface area is 205 Å². The van der Waals surface area contributed by atoms with Crippen LogP contribution < -0.4 is 5.32 Å². The lowest BCUT2D eigenvalue weighted by Gasteiger charge is -2.61. The average molecular weight is 470 g/mol. The Kier molecular flexibility index (Phi) is 7.08. The molecule has 4 fully saturated rings. The minimum atomic E-state index is -0.300. The van der Waals surface area contributed by atoms with Gasteiger partial charge in [-0.1, -0.05) is 13.3 Å². The number of halogens is 1. The lowest BCUT2D eigenvalue weighted by atomic mass is 9.44. The molecule has 1 aromatic rings. The maximum atomic E-state index is 13.3. The van der Waals surface area contributed by atoms with Gasteiger partial charge in [-0.15, -0.1) is 0 Å². The Hall–Kier alpha value is -1.42. The number of rotatable bonds is 5. The van der Waals surface area contributed by atoms with Crippen molar-refractivity contribution in [1.29, 1.82) is 0 Å². The van der Waals surface area contributed by atoms with Crippen molar-refractivity contribution in [2.75, 3.05) is 13.7 Å². The maximum Gasteiger partial charge on any atom is 0.251 e. The molecule has 4 saturated carbocycles. The molecule has 3 unspecified atom stereocenters. The van der Waals surface area contributed by atoms with Crippen LogP contribution >= 0.6 is 0 Å². The van der Waals surface area contributed by atoms with E-state index < -0.39 is 0 Å². The SMILES string of the molecule is COC[C@H]1CC[C@H]2C(CC[C@@H]3C2CC[C@@]2(C)C3CCC[C@@H]2[C@@H](C)NC(=O)c2ccc(F)cc2)C1. The third-order valence-corrected chi connectivity index (χ3v) is 10.8. The molecule has 188 valence electrons. The van der Waals surface area contributed by atoms with E-state index in [1.54, 1.807) is 12.1 Å². The van der Waals surface area contributed by atoms with Gasteiger partial charge in [0.15, 0.2) is 0 Å². The van der Waals surface area contributed by atoms with Gasteiger partial charge in [0.05, 0.1) is 0 Å². The van der Waals surface area contributed by atoms with Crippen LogP contribution in [-0.2, 0) is 4.74 Å². The molecule has 4 aliphatic carbocycles. The fourth-order valence-electron chi connectivity index (χ4n) is 9.39. The van der Waals surface area contributed by atoms with Crippen LogP contribution in [0.4, 0.5) is 4.39 Å². The molecule has 0 saturated heterocycles. The summed E-state index contributed by atoms with van der Waals surface area (Å²) in [6, 6.07) is 6.07. The number of benzene rings is 1. The van der Waals surface area contributed by atoms with E-state index in [-0.39, 0.29) is 17.8 Å². The molecule has 0 aliphatic heterocycles. The van der Waals surface area contributed by atoms with Crippen molar-refractivity contribution in [3.63, 3.8) is 0 Å². The second-order valence-corrected chi connectivity index (χ2v) is 12.4. The van der Waals surface area contributed by atoms with Crippen molar-refractivity contribution >= 4 is 5.91 Å².